The van der Waals surface area contributed by atoms with Crippen LogP contribution in [-0.2, 0) is 4.79 Å². The summed E-state index contributed by atoms with van der Waals surface area (Å²) in [4.78, 5) is 12.8. The van der Waals surface area contributed by atoms with Crippen molar-refractivity contribution in [1.29, 1.82) is 0 Å². The molecule has 1 fully saturated rings. The Labute approximate surface area is 106 Å². The van der Waals surface area contributed by atoms with Crippen molar-refractivity contribution >= 4 is 11.7 Å². The molecule has 3 nitrogen and oxygen atoms in total. The summed E-state index contributed by atoms with van der Waals surface area (Å²) < 4.78 is 13.7. The van der Waals surface area contributed by atoms with Crippen LogP contribution in [0.25, 0.3) is 0 Å². The van der Waals surface area contributed by atoms with E-state index in [1.54, 1.807) is 12.1 Å². The van der Waals surface area contributed by atoms with Gasteiger partial charge in [0.2, 0.25) is 0 Å². The molecule has 0 radical (unpaired) electrons. The maximum atomic E-state index is 13.7. The van der Waals surface area contributed by atoms with Crippen LogP contribution in [-0.4, -0.2) is 24.2 Å². The maximum Gasteiger partial charge on any atom is 0.306 e. The van der Waals surface area contributed by atoms with E-state index in [0.29, 0.717) is 18.5 Å². The van der Waals surface area contributed by atoms with E-state index in [1.807, 2.05) is 18.0 Å². The van der Waals surface area contributed by atoms with Gasteiger partial charge in [0.05, 0.1) is 11.6 Å². The minimum Gasteiger partial charge on any atom is -0.481 e. The molecule has 98 valence electrons. The molecule has 0 spiro atoms. The molecular weight excluding hydrogens is 233 g/mol. The Balaban J connectivity index is 2.02. The van der Waals surface area contributed by atoms with Crippen LogP contribution in [0, 0.1) is 11.7 Å². The number of anilines is 1. The first-order chi connectivity index (χ1) is 8.59. The summed E-state index contributed by atoms with van der Waals surface area (Å²) in [5, 5.41) is 8.95. The van der Waals surface area contributed by atoms with Gasteiger partial charge in [-0.3, -0.25) is 4.79 Å². The maximum absolute atomic E-state index is 13.7. The Hall–Kier alpha value is -1.58. The van der Waals surface area contributed by atoms with Crippen molar-refractivity contribution in [3.8, 4) is 0 Å². The zero-order chi connectivity index (χ0) is 13.1. The van der Waals surface area contributed by atoms with Crippen LogP contribution in [0.2, 0.25) is 0 Å². The molecular formula is C14H18FNO2. The second kappa shape index (κ2) is 5.38. The normalized spacial score (nSPS) is 23.7. The number of para-hydroxylation sites is 1. The molecule has 0 bridgehead atoms. The van der Waals surface area contributed by atoms with Crippen molar-refractivity contribution in [2.24, 2.45) is 5.92 Å². The molecule has 1 aromatic rings. The number of carbonyl (C=O) groups is 1. The molecule has 1 N–H and O–H groups in total. The number of carboxylic acids is 1. The largest absolute Gasteiger partial charge is 0.481 e. The summed E-state index contributed by atoms with van der Waals surface area (Å²) in [6.45, 7) is 0. The Morgan fingerprint density at radius 1 is 1.28 bits per heavy atom. The monoisotopic (exact) mass is 251 g/mol. The van der Waals surface area contributed by atoms with E-state index < -0.39 is 5.97 Å². The molecule has 0 saturated heterocycles. The molecule has 0 aromatic heterocycles. The Kier molecular flexibility index (Phi) is 3.84. The van der Waals surface area contributed by atoms with Crippen molar-refractivity contribution in [2.45, 2.75) is 31.7 Å². The fourth-order valence-corrected chi connectivity index (χ4v) is 2.64. The number of nitrogens with zero attached hydrogens (tertiary/aromatic N) is 1. The molecule has 0 unspecified atom stereocenters. The van der Waals surface area contributed by atoms with Crippen molar-refractivity contribution < 1.29 is 14.3 Å². The van der Waals surface area contributed by atoms with Crippen LogP contribution >= 0.6 is 0 Å². The summed E-state index contributed by atoms with van der Waals surface area (Å²) in [7, 11) is 1.88. The van der Waals surface area contributed by atoms with E-state index in [4.69, 9.17) is 5.11 Å². The second-order valence-corrected chi connectivity index (χ2v) is 4.91. The van der Waals surface area contributed by atoms with E-state index in [0.717, 1.165) is 12.8 Å². The summed E-state index contributed by atoms with van der Waals surface area (Å²) in [5.74, 6) is -1.15. The highest BCUT2D eigenvalue weighted by molar-refractivity contribution is 5.70. The molecule has 1 aliphatic carbocycles. The third kappa shape index (κ3) is 2.63. The van der Waals surface area contributed by atoms with Gasteiger partial charge < -0.3 is 10.0 Å². The third-order valence-corrected chi connectivity index (χ3v) is 3.83. The predicted molar refractivity (Wildman–Crippen MR) is 68.2 cm³/mol. The zero-order valence-electron chi connectivity index (χ0n) is 10.5. The van der Waals surface area contributed by atoms with Gasteiger partial charge in [-0.2, -0.15) is 0 Å². The predicted octanol–water partition coefficient (Wildman–Crippen LogP) is 2.91. The Morgan fingerprint density at radius 2 is 1.89 bits per heavy atom. The van der Waals surface area contributed by atoms with Crippen LogP contribution in [0.15, 0.2) is 24.3 Å². The van der Waals surface area contributed by atoms with Gasteiger partial charge in [-0.15, -0.1) is 0 Å². The van der Waals surface area contributed by atoms with Gasteiger partial charge >= 0.3 is 5.97 Å². The van der Waals surface area contributed by atoms with E-state index in [9.17, 15) is 9.18 Å². The number of hydrogen-bond donors (Lipinski definition) is 1. The number of hydrogen-bond acceptors (Lipinski definition) is 2. The average molecular weight is 251 g/mol. The van der Waals surface area contributed by atoms with Crippen LogP contribution in [0.5, 0.6) is 0 Å². The lowest BCUT2D eigenvalue weighted by atomic mass is 9.85. The van der Waals surface area contributed by atoms with E-state index in [2.05, 4.69) is 0 Å². The topological polar surface area (TPSA) is 40.5 Å². The fraction of sp³-hybridized carbons (Fsp3) is 0.500. The summed E-state index contributed by atoms with van der Waals surface area (Å²) in [6.07, 6.45) is 2.97. The standard InChI is InChI=1S/C14H18FNO2/c1-16(13-5-3-2-4-12(13)15)11-8-6-10(7-9-11)14(17)18/h2-5,10-11H,6-9H2,1H3,(H,17,18). The van der Waals surface area contributed by atoms with Crippen LogP contribution in [0.3, 0.4) is 0 Å². The molecule has 18 heavy (non-hydrogen) atoms. The number of carboxylic acid groups (broad SMARTS) is 1. The molecule has 1 aliphatic rings. The molecule has 0 amide bonds. The first-order valence-corrected chi connectivity index (χ1v) is 6.29. The number of halogens is 1. The van der Waals surface area contributed by atoms with E-state index in [1.165, 1.54) is 6.07 Å². The van der Waals surface area contributed by atoms with E-state index >= 15 is 0 Å². The highest BCUT2D eigenvalue weighted by Gasteiger charge is 2.28. The van der Waals surface area contributed by atoms with Gasteiger partial charge in [-0.25, -0.2) is 4.39 Å². The Morgan fingerprint density at radius 3 is 2.44 bits per heavy atom. The lowest BCUT2D eigenvalue weighted by molar-refractivity contribution is -0.142. The van der Waals surface area contributed by atoms with Crippen LogP contribution in [0.4, 0.5) is 10.1 Å². The summed E-state index contributed by atoms with van der Waals surface area (Å²) in [6, 6.07) is 6.94. The second-order valence-electron chi connectivity index (χ2n) is 4.91. The molecule has 0 aliphatic heterocycles. The van der Waals surface area contributed by atoms with Crippen molar-refractivity contribution in [3.05, 3.63) is 30.1 Å². The highest BCUT2D eigenvalue weighted by Crippen LogP contribution is 2.30. The van der Waals surface area contributed by atoms with Gasteiger partial charge in [0, 0.05) is 13.1 Å². The molecule has 4 heteroatoms. The minimum atomic E-state index is -0.706. The molecule has 1 aromatic carbocycles. The van der Waals surface area contributed by atoms with Gasteiger partial charge in [0.25, 0.3) is 0 Å². The van der Waals surface area contributed by atoms with Gasteiger partial charge in [0.1, 0.15) is 5.82 Å². The lowest BCUT2D eigenvalue weighted by Gasteiger charge is -2.35. The summed E-state index contributed by atoms with van der Waals surface area (Å²) >= 11 is 0. The minimum absolute atomic E-state index is 0.222. The number of rotatable bonds is 3. The van der Waals surface area contributed by atoms with Crippen molar-refractivity contribution in [3.63, 3.8) is 0 Å². The fourth-order valence-electron chi connectivity index (χ4n) is 2.64. The summed E-state index contributed by atoms with van der Waals surface area (Å²) in [5.41, 5.74) is 0.594. The van der Waals surface area contributed by atoms with Crippen LogP contribution < -0.4 is 4.90 Å². The third-order valence-electron chi connectivity index (χ3n) is 3.83. The number of benzene rings is 1. The quantitative estimate of drug-likeness (QED) is 0.898. The highest BCUT2D eigenvalue weighted by atomic mass is 19.1. The SMILES string of the molecule is CN(c1ccccc1F)C1CCC(C(=O)O)CC1. The van der Waals surface area contributed by atoms with Crippen molar-refractivity contribution in [2.75, 3.05) is 11.9 Å². The average Bonchev–Trinajstić information content (AvgIpc) is 2.38. The first-order valence-electron chi connectivity index (χ1n) is 6.29. The van der Waals surface area contributed by atoms with Gasteiger partial charge in [-0.05, 0) is 37.8 Å². The molecule has 2 rings (SSSR count). The van der Waals surface area contributed by atoms with Crippen LogP contribution in [0.1, 0.15) is 25.7 Å². The number of aliphatic carboxylic acids is 1. The van der Waals surface area contributed by atoms with E-state index in [-0.39, 0.29) is 17.8 Å². The first kappa shape index (κ1) is 12.9. The molecule has 0 atom stereocenters. The zero-order valence-corrected chi connectivity index (χ0v) is 10.5. The molecule has 1 saturated carbocycles. The van der Waals surface area contributed by atoms with Crippen molar-refractivity contribution in [1.82, 2.24) is 0 Å². The Bertz CT molecular complexity index is 428. The van der Waals surface area contributed by atoms with Gasteiger partial charge in [0.15, 0.2) is 0 Å². The lowest BCUT2D eigenvalue weighted by Crippen LogP contribution is -2.37. The van der Waals surface area contributed by atoms with Gasteiger partial charge in [-0.1, -0.05) is 12.1 Å². The smallest absolute Gasteiger partial charge is 0.306 e. The molecule has 0 heterocycles.